The summed E-state index contributed by atoms with van der Waals surface area (Å²) in [6.45, 7) is 4.22. The molecule has 0 amide bonds. The molecule has 0 aromatic heterocycles. The van der Waals surface area contributed by atoms with Gasteiger partial charge in [-0.3, -0.25) is 0 Å². The maximum Gasteiger partial charge on any atom is 0.137 e. The Morgan fingerprint density at radius 3 is 2.50 bits per heavy atom. The normalized spacial score (nSPS) is 12.4. The van der Waals surface area contributed by atoms with Crippen molar-refractivity contribution in [1.82, 2.24) is 0 Å². The Kier molecular flexibility index (Phi) is 5.22. The summed E-state index contributed by atoms with van der Waals surface area (Å²) < 4.78 is 14.1. The van der Waals surface area contributed by atoms with E-state index >= 15 is 0 Å². The Labute approximate surface area is 133 Å². The van der Waals surface area contributed by atoms with Crippen LogP contribution in [0.3, 0.4) is 0 Å². The van der Waals surface area contributed by atoms with Gasteiger partial charge in [0.15, 0.2) is 0 Å². The number of alkyl halides is 1. The molecule has 1 unspecified atom stereocenters. The minimum atomic E-state index is -0.346. The van der Waals surface area contributed by atoms with Gasteiger partial charge in [0.25, 0.3) is 0 Å². The van der Waals surface area contributed by atoms with Crippen LogP contribution in [-0.2, 0) is 12.8 Å². The second-order valence-electron chi connectivity index (χ2n) is 4.75. The van der Waals surface area contributed by atoms with Crippen LogP contribution in [0.4, 0.5) is 4.39 Å². The van der Waals surface area contributed by atoms with E-state index in [0.717, 1.165) is 24.0 Å². The van der Waals surface area contributed by atoms with Gasteiger partial charge in [0, 0.05) is 0 Å². The predicted molar refractivity (Wildman–Crippen MR) is 87.0 cm³/mol. The Morgan fingerprint density at radius 2 is 1.85 bits per heavy atom. The van der Waals surface area contributed by atoms with Gasteiger partial charge in [-0.25, -0.2) is 4.39 Å². The van der Waals surface area contributed by atoms with Crippen LogP contribution in [0.5, 0.6) is 0 Å². The van der Waals surface area contributed by atoms with Crippen LogP contribution in [0.1, 0.15) is 41.5 Å². The number of rotatable bonds is 4. The molecule has 0 spiro atoms. The van der Waals surface area contributed by atoms with Crippen molar-refractivity contribution in [2.75, 3.05) is 0 Å². The van der Waals surface area contributed by atoms with Crippen molar-refractivity contribution in [2.45, 2.75) is 32.1 Å². The lowest BCUT2D eigenvalue weighted by atomic mass is 9.95. The van der Waals surface area contributed by atoms with Crippen LogP contribution in [0.15, 0.2) is 40.9 Å². The van der Waals surface area contributed by atoms with E-state index in [2.05, 4.69) is 48.0 Å². The van der Waals surface area contributed by atoms with E-state index in [0.29, 0.717) is 4.47 Å². The number of aryl methyl sites for hydroxylation is 2. The third kappa shape index (κ3) is 3.07. The maximum absolute atomic E-state index is 13.7. The second kappa shape index (κ2) is 6.73. The van der Waals surface area contributed by atoms with Crippen molar-refractivity contribution in [2.24, 2.45) is 0 Å². The van der Waals surface area contributed by atoms with Crippen molar-refractivity contribution in [3.63, 3.8) is 0 Å². The van der Waals surface area contributed by atoms with E-state index in [1.807, 2.05) is 6.07 Å². The van der Waals surface area contributed by atoms with Gasteiger partial charge in [-0.15, -0.1) is 11.6 Å². The highest BCUT2D eigenvalue weighted by atomic mass is 79.9. The average molecular weight is 356 g/mol. The first-order valence-electron chi connectivity index (χ1n) is 6.78. The monoisotopic (exact) mass is 354 g/mol. The lowest BCUT2D eigenvalue weighted by Gasteiger charge is -2.17. The molecule has 0 fully saturated rings. The van der Waals surface area contributed by atoms with Crippen molar-refractivity contribution < 1.29 is 4.39 Å². The van der Waals surface area contributed by atoms with Gasteiger partial charge in [-0.1, -0.05) is 44.2 Å². The average Bonchev–Trinajstić information content (AvgIpc) is 2.48. The van der Waals surface area contributed by atoms with Crippen molar-refractivity contribution in [1.29, 1.82) is 0 Å². The number of hydrogen-bond acceptors (Lipinski definition) is 0. The van der Waals surface area contributed by atoms with Crippen molar-refractivity contribution in [3.05, 3.63) is 68.9 Å². The van der Waals surface area contributed by atoms with Gasteiger partial charge in [-0.2, -0.15) is 0 Å². The highest BCUT2D eigenvalue weighted by Crippen LogP contribution is 2.37. The van der Waals surface area contributed by atoms with Crippen LogP contribution in [-0.4, -0.2) is 0 Å². The minimum absolute atomic E-state index is 0.280. The molecule has 106 valence electrons. The molecule has 2 aromatic carbocycles. The molecule has 2 rings (SSSR count). The van der Waals surface area contributed by atoms with E-state index in [-0.39, 0.29) is 11.2 Å². The molecule has 0 heterocycles. The zero-order valence-corrected chi connectivity index (χ0v) is 13.9. The van der Waals surface area contributed by atoms with Gasteiger partial charge >= 0.3 is 0 Å². The molecule has 20 heavy (non-hydrogen) atoms. The highest BCUT2D eigenvalue weighted by Gasteiger charge is 2.18. The Balaban J connectivity index is 2.51. The lowest BCUT2D eigenvalue weighted by Crippen LogP contribution is -2.01. The van der Waals surface area contributed by atoms with Crippen LogP contribution in [0.2, 0.25) is 0 Å². The van der Waals surface area contributed by atoms with Gasteiger partial charge in [0.2, 0.25) is 0 Å². The van der Waals surface area contributed by atoms with Crippen LogP contribution < -0.4 is 0 Å². The smallest absolute Gasteiger partial charge is 0.137 e. The predicted octanol–water partition coefficient (Wildman–Crippen LogP) is 6.04. The van der Waals surface area contributed by atoms with Gasteiger partial charge in [-0.05, 0) is 57.1 Å². The first-order chi connectivity index (χ1) is 9.58. The van der Waals surface area contributed by atoms with Gasteiger partial charge < -0.3 is 0 Å². The fourth-order valence-electron chi connectivity index (χ4n) is 2.31. The minimum Gasteiger partial charge on any atom is -0.206 e. The highest BCUT2D eigenvalue weighted by molar-refractivity contribution is 9.10. The number of halogens is 3. The molecule has 0 nitrogen and oxygen atoms in total. The molecule has 0 aliphatic rings. The third-order valence-corrected chi connectivity index (χ3v) is 4.83. The summed E-state index contributed by atoms with van der Waals surface area (Å²) in [7, 11) is 0. The van der Waals surface area contributed by atoms with Crippen LogP contribution >= 0.6 is 27.5 Å². The van der Waals surface area contributed by atoms with Crippen molar-refractivity contribution in [3.8, 4) is 0 Å². The van der Waals surface area contributed by atoms with E-state index in [4.69, 9.17) is 11.6 Å². The maximum atomic E-state index is 13.7. The van der Waals surface area contributed by atoms with Gasteiger partial charge in [0.05, 0.1) is 9.85 Å². The third-order valence-electron chi connectivity index (χ3n) is 3.53. The summed E-state index contributed by atoms with van der Waals surface area (Å²) in [6, 6.07) is 11.4. The molecule has 0 N–H and O–H groups in total. The van der Waals surface area contributed by atoms with E-state index in [9.17, 15) is 4.39 Å². The Morgan fingerprint density at radius 1 is 1.10 bits per heavy atom. The van der Waals surface area contributed by atoms with E-state index in [1.54, 1.807) is 6.07 Å². The lowest BCUT2D eigenvalue weighted by molar-refractivity contribution is 0.618. The van der Waals surface area contributed by atoms with Gasteiger partial charge in [0.1, 0.15) is 5.82 Å². The summed E-state index contributed by atoms with van der Waals surface area (Å²) >= 11 is 9.93. The molecular weight excluding hydrogens is 339 g/mol. The fourth-order valence-corrected chi connectivity index (χ4v) is 3.32. The van der Waals surface area contributed by atoms with Crippen LogP contribution in [0, 0.1) is 5.82 Å². The molecule has 0 bridgehead atoms. The number of hydrogen-bond donors (Lipinski definition) is 0. The van der Waals surface area contributed by atoms with E-state index in [1.165, 1.54) is 17.2 Å². The molecule has 0 saturated heterocycles. The Hall–Kier alpha value is -0.860. The quantitative estimate of drug-likeness (QED) is 0.586. The largest absolute Gasteiger partial charge is 0.206 e. The topological polar surface area (TPSA) is 0 Å². The molecule has 0 saturated carbocycles. The molecule has 3 heteroatoms. The summed E-state index contributed by atoms with van der Waals surface area (Å²) in [6.07, 6.45) is 1.88. The molecule has 1 atom stereocenters. The summed E-state index contributed by atoms with van der Waals surface area (Å²) in [4.78, 5) is 0. The first-order valence-corrected chi connectivity index (χ1v) is 8.01. The fraction of sp³-hybridized carbons (Fsp3) is 0.294. The standard InChI is InChI=1S/C17H17BrClF/c1-3-11-8-9-12(4-2)14(10-11)17(19)13-6-5-7-15(20)16(13)18/h5-10,17H,3-4H2,1-2H3. The molecule has 2 aromatic rings. The molecular formula is C17H17BrClF. The second-order valence-corrected chi connectivity index (χ2v) is 5.98. The SMILES string of the molecule is CCc1ccc(CC)c(C(Cl)c2cccc(F)c2Br)c1. The Bertz CT molecular complexity index is 610. The summed E-state index contributed by atoms with van der Waals surface area (Å²) in [5.74, 6) is -0.280. The molecule has 0 aliphatic carbocycles. The van der Waals surface area contributed by atoms with Crippen molar-refractivity contribution >= 4 is 27.5 Å². The molecule has 0 radical (unpaired) electrons. The molecule has 0 aliphatic heterocycles. The first kappa shape index (κ1) is 15.5. The summed E-state index contributed by atoms with van der Waals surface area (Å²) in [5, 5.41) is -0.346. The number of benzene rings is 2. The van der Waals surface area contributed by atoms with E-state index < -0.39 is 0 Å². The summed E-state index contributed by atoms with van der Waals surface area (Å²) in [5.41, 5.74) is 4.29. The van der Waals surface area contributed by atoms with Crippen LogP contribution in [0.25, 0.3) is 0 Å². The zero-order valence-electron chi connectivity index (χ0n) is 11.6. The zero-order chi connectivity index (χ0) is 14.7.